The molecule has 3 rings (SSSR count). The van der Waals surface area contributed by atoms with E-state index in [-0.39, 0.29) is 12.3 Å². The molecule has 24 heavy (non-hydrogen) atoms. The lowest BCUT2D eigenvalue weighted by atomic mass is 10.0. The summed E-state index contributed by atoms with van der Waals surface area (Å²) in [5.74, 6) is 0.566. The van der Waals surface area contributed by atoms with Crippen molar-refractivity contribution >= 4 is 11.7 Å². The van der Waals surface area contributed by atoms with Gasteiger partial charge in [-0.25, -0.2) is 0 Å². The summed E-state index contributed by atoms with van der Waals surface area (Å²) in [5.41, 5.74) is 2.78. The van der Waals surface area contributed by atoms with E-state index in [4.69, 9.17) is 5.26 Å². The topological polar surface area (TPSA) is 91.6 Å². The number of rotatable bonds is 4. The number of carbonyl (C=O) groups excluding carboxylic acids is 1. The van der Waals surface area contributed by atoms with Crippen LogP contribution < -0.4 is 5.32 Å². The maximum Gasteiger partial charge on any atom is 0.231 e. The van der Waals surface area contributed by atoms with E-state index in [1.54, 1.807) is 24.4 Å². The Bertz CT molecular complexity index is 777. The Morgan fingerprint density at radius 1 is 1.33 bits per heavy atom. The van der Waals surface area contributed by atoms with Crippen LogP contribution in [-0.4, -0.2) is 21.1 Å². The predicted molar refractivity (Wildman–Crippen MR) is 88.9 cm³/mol. The van der Waals surface area contributed by atoms with Gasteiger partial charge in [0.1, 0.15) is 0 Å². The van der Waals surface area contributed by atoms with Crippen LogP contribution in [0.4, 0.5) is 5.82 Å². The lowest BCUT2D eigenvalue weighted by Crippen LogP contribution is -2.16. The molecule has 1 aliphatic carbocycles. The zero-order valence-electron chi connectivity index (χ0n) is 13.1. The Morgan fingerprint density at radius 3 is 2.96 bits per heavy atom. The van der Waals surface area contributed by atoms with Crippen molar-refractivity contribution in [2.45, 2.75) is 31.6 Å². The number of nitrogens with zero attached hydrogens (tertiary/aromatic N) is 4. The van der Waals surface area contributed by atoms with Crippen LogP contribution in [0.2, 0.25) is 0 Å². The van der Waals surface area contributed by atoms with Crippen LogP contribution in [-0.2, 0) is 11.2 Å². The van der Waals surface area contributed by atoms with E-state index in [1.165, 1.54) is 0 Å². The molecule has 0 aliphatic heterocycles. The van der Waals surface area contributed by atoms with Crippen LogP contribution in [0.5, 0.6) is 0 Å². The van der Waals surface area contributed by atoms with Gasteiger partial charge in [-0.1, -0.05) is 11.6 Å². The fourth-order valence-corrected chi connectivity index (χ4v) is 2.84. The van der Waals surface area contributed by atoms with Crippen molar-refractivity contribution < 1.29 is 4.79 Å². The molecular formula is C18H17N5O. The molecule has 1 amide bonds. The fourth-order valence-electron chi connectivity index (χ4n) is 2.84. The Morgan fingerprint density at radius 2 is 2.25 bits per heavy atom. The smallest absolute Gasteiger partial charge is 0.231 e. The summed E-state index contributed by atoms with van der Waals surface area (Å²) >= 11 is 0. The number of allylic oxidation sites excluding steroid dienone is 2. The summed E-state index contributed by atoms with van der Waals surface area (Å²) in [7, 11) is 0. The van der Waals surface area contributed by atoms with Gasteiger partial charge >= 0.3 is 0 Å². The van der Waals surface area contributed by atoms with Gasteiger partial charge in [-0.05, 0) is 43.5 Å². The van der Waals surface area contributed by atoms with Gasteiger partial charge in [-0.15, -0.1) is 5.10 Å². The molecule has 2 aromatic heterocycles. The van der Waals surface area contributed by atoms with E-state index in [2.05, 4.69) is 26.6 Å². The third-order valence-electron chi connectivity index (χ3n) is 4.03. The van der Waals surface area contributed by atoms with E-state index in [9.17, 15) is 4.79 Å². The molecule has 6 nitrogen and oxygen atoms in total. The fraction of sp³-hybridized carbons (Fsp3) is 0.278. The standard InChI is InChI=1S/C18H17N5O/c19-9-8-13-4-5-14(11-13)16-6-7-17(23-22-16)21-18(24)12-15-3-1-2-10-20-15/h1-3,6-8,10,14H,4-5,11-12H2,(H,21,23,24)/b13-8+. The first-order chi connectivity index (χ1) is 11.7. The number of nitrogens with one attached hydrogen (secondary N) is 1. The van der Waals surface area contributed by atoms with Crippen molar-refractivity contribution in [3.05, 3.63) is 59.6 Å². The van der Waals surface area contributed by atoms with Crippen molar-refractivity contribution in [1.29, 1.82) is 5.26 Å². The lowest BCUT2D eigenvalue weighted by molar-refractivity contribution is -0.115. The molecule has 0 aromatic carbocycles. The molecule has 1 atom stereocenters. The van der Waals surface area contributed by atoms with Crippen LogP contribution in [0.15, 0.2) is 48.2 Å². The minimum absolute atomic E-state index is 0.171. The summed E-state index contributed by atoms with van der Waals surface area (Å²) in [6.07, 6.45) is 6.26. The van der Waals surface area contributed by atoms with Crippen LogP contribution in [0, 0.1) is 11.3 Å². The van der Waals surface area contributed by atoms with Gasteiger partial charge in [0.2, 0.25) is 5.91 Å². The molecule has 0 bridgehead atoms. The van der Waals surface area contributed by atoms with Crippen LogP contribution in [0.3, 0.4) is 0 Å². The molecule has 1 fully saturated rings. The summed E-state index contributed by atoms with van der Waals surface area (Å²) in [5, 5.41) is 19.8. The molecule has 1 N–H and O–H groups in total. The molecule has 120 valence electrons. The zero-order chi connectivity index (χ0) is 16.8. The maximum atomic E-state index is 12.0. The van der Waals surface area contributed by atoms with E-state index >= 15 is 0 Å². The number of carbonyl (C=O) groups is 1. The number of hydrogen-bond acceptors (Lipinski definition) is 5. The highest BCUT2D eigenvalue weighted by Gasteiger charge is 2.22. The van der Waals surface area contributed by atoms with Crippen LogP contribution >= 0.6 is 0 Å². The summed E-state index contributed by atoms with van der Waals surface area (Å²) in [6, 6.07) is 11.2. The summed E-state index contributed by atoms with van der Waals surface area (Å²) in [6.45, 7) is 0. The van der Waals surface area contributed by atoms with E-state index in [1.807, 2.05) is 18.2 Å². The van der Waals surface area contributed by atoms with Crippen molar-refractivity contribution in [3.8, 4) is 6.07 Å². The number of hydrogen-bond donors (Lipinski definition) is 1. The lowest BCUT2D eigenvalue weighted by Gasteiger charge is -2.08. The average Bonchev–Trinajstić information content (AvgIpc) is 3.05. The first-order valence-electron chi connectivity index (χ1n) is 7.85. The monoisotopic (exact) mass is 319 g/mol. The van der Waals surface area contributed by atoms with Crippen molar-refractivity contribution in [2.75, 3.05) is 5.32 Å². The number of nitriles is 1. The minimum atomic E-state index is -0.171. The molecular weight excluding hydrogens is 302 g/mol. The van der Waals surface area contributed by atoms with Crippen molar-refractivity contribution in [2.24, 2.45) is 0 Å². The SMILES string of the molecule is N#C/C=C1\CCC(c2ccc(NC(=O)Cc3ccccn3)nn2)C1. The first-order valence-corrected chi connectivity index (χ1v) is 7.85. The van der Waals surface area contributed by atoms with Gasteiger partial charge in [-0.3, -0.25) is 9.78 Å². The molecule has 0 radical (unpaired) electrons. The second-order valence-electron chi connectivity index (χ2n) is 5.76. The Labute approximate surface area is 140 Å². The second-order valence-corrected chi connectivity index (χ2v) is 5.76. The predicted octanol–water partition coefficient (Wildman–Crippen LogP) is 2.77. The Hall–Kier alpha value is -3.07. The molecule has 1 saturated carbocycles. The first kappa shape index (κ1) is 15.8. The normalized spacial score (nSPS) is 18.3. The number of aromatic nitrogens is 3. The maximum absolute atomic E-state index is 12.0. The third kappa shape index (κ3) is 4.02. The molecule has 2 heterocycles. The molecule has 1 aliphatic rings. The van der Waals surface area contributed by atoms with Crippen LogP contribution in [0.1, 0.15) is 36.6 Å². The quantitative estimate of drug-likeness (QED) is 0.875. The highest BCUT2D eigenvalue weighted by atomic mass is 16.1. The molecule has 0 spiro atoms. The third-order valence-corrected chi connectivity index (χ3v) is 4.03. The summed E-state index contributed by atoms with van der Waals surface area (Å²) < 4.78 is 0. The van der Waals surface area contributed by atoms with E-state index in [0.717, 1.165) is 30.5 Å². The Balaban J connectivity index is 1.58. The Kier molecular flexibility index (Phi) is 4.92. The van der Waals surface area contributed by atoms with Gasteiger partial charge in [0.25, 0.3) is 0 Å². The van der Waals surface area contributed by atoms with Crippen molar-refractivity contribution in [1.82, 2.24) is 15.2 Å². The van der Waals surface area contributed by atoms with Crippen LogP contribution in [0.25, 0.3) is 0 Å². The summed E-state index contributed by atoms with van der Waals surface area (Å²) in [4.78, 5) is 16.1. The largest absolute Gasteiger partial charge is 0.309 e. The number of anilines is 1. The number of amides is 1. The second kappa shape index (κ2) is 7.47. The average molecular weight is 319 g/mol. The molecule has 0 saturated heterocycles. The molecule has 6 heteroatoms. The highest BCUT2D eigenvalue weighted by Crippen LogP contribution is 2.36. The zero-order valence-corrected chi connectivity index (χ0v) is 13.1. The highest BCUT2D eigenvalue weighted by molar-refractivity contribution is 5.91. The van der Waals surface area contributed by atoms with Gasteiger partial charge in [0.05, 0.1) is 18.2 Å². The number of pyridine rings is 1. The van der Waals surface area contributed by atoms with Crippen molar-refractivity contribution in [3.63, 3.8) is 0 Å². The molecule has 2 aromatic rings. The van der Waals surface area contributed by atoms with E-state index in [0.29, 0.717) is 17.4 Å². The molecule has 1 unspecified atom stereocenters. The van der Waals surface area contributed by atoms with Gasteiger partial charge in [0.15, 0.2) is 5.82 Å². The van der Waals surface area contributed by atoms with Gasteiger partial charge in [-0.2, -0.15) is 10.4 Å². The van der Waals surface area contributed by atoms with Gasteiger partial charge in [0, 0.05) is 23.9 Å². The van der Waals surface area contributed by atoms with Gasteiger partial charge < -0.3 is 5.32 Å². The van der Waals surface area contributed by atoms with E-state index < -0.39 is 0 Å². The minimum Gasteiger partial charge on any atom is -0.309 e.